The second kappa shape index (κ2) is 5.22. The van der Waals surface area contributed by atoms with Crippen LogP contribution in [0.15, 0.2) is 18.2 Å². The van der Waals surface area contributed by atoms with Gasteiger partial charge in [0.2, 0.25) is 0 Å². The number of hydrogen-bond acceptors (Lipinski definition) is 0. The van der Waals surface area contributed by atoms with E-state index < -0.39 is 0 Å². The molecule has 8 aliphatic carbocycles. The first-order chi connectivity index (χ1) is 13.1. The summed E-state index contributed by atoms with van der Waals surface area (Å²) >= 11 is 0. The maximum Gasteiger partial charge on any atom is -0.00389 e. The Morgan fingerprint density at radius 1 is 0.519 bits per heavy atom. The van der Waals surface area contributed by atoms with E-state index in [-0.39, 0.29) is 0 Å². The molecule has 8 aliphatic rings. The lowest BCUT2D eigenvalue weighted by molar-refractivity contribution is -0.00841. The van der Waals surface area contributed by atoms with Gasteiger partial charge in [0.25, 0.3) is 0 Å². The van der Waals surface area contributed by atoms with Crippen LogP contribution in [-0.2, 0) is 10.8 Å². The van der Waals surface area contributed by atoms with Gasteiger partial charge in [0.15, 0.2) is 0 Å². The summed E-state index contributed by atoms with van der Waals surface area (Å²) in [4.78, 5) is 0. The third-order valence-electron chi connectivity index (χ3n) is 10.4. The highest BCUT2D eigenvalue weighted by atomic mass is 14.6. The SMILES string of the molecule is Cc1cc(C23CC4CC(CC(C4)C2)C3)cc(C23CC4CC(CC(C4)C2)C3)c1. The van der Waals surface area contributed by atoms with Crippen LogP contribution in [0.25, 0.3) is 0 Å². The summed E-state index contributed by atoms with van der Waals surface area (Å²) in [6, 6.07) is 8.03. The van der Waals surface area contributed by atoms with Crippen LogP contribution >= 0.6 is 0 Å². The Balaban J connectivity index is 1.31. The molecule has 0 aromatic heterocycles. The fourth-order valence-corrected chi connectivity index (χ4v) is 10.3. The zero-order chi connectivity index (χ0) is 17.8. The van der Waals surface area contributed by atoms with Crippen LogP contribution in [0.2, 0.25) is 0 Å². The lowest BCUT2D eigenvalue weighted by atomic mass is 9.46. The molecule has 8 bridgehead atoms. The van der Waals surface area contributed by atoms with Crippen LogP contribution in [0.4, 0.5) is 0 Å². The maximum atomic E-state index is 2.78. The van der Waals surface area contributed by atoms with Crippen molar-refractivity contribution >= 4 is 0 Å². The predicted molar refractivity (Wildman–Crippen MR) is 111 cm³/mol. The zero-order valence-electron chi connectivity index (χ0n) is 17.2. The van der Waals surface area contributed by atoms with Gasteiger partial charge < -0.3 is 0 Å². The molecule has 9 rings (SSSR count). The van der Waals surface area contributed by atoms with E-state index in [0.29, 0.717) is 10.8 Å². The molecule has 0 saturated heterocycles. The Morgan fingerprint density at radius 3 is 1.11 bits per heavy atom. The summed E-state index contributed by atoms with van der Waals surface area (Å²) in [5.41, 5.74) is 6.27. The fourth-order valence-electron chi connectivity index (χ4n) is 10.3. The van der Waals surface area contributed by atoms with Crippen LogP contribution in [0.3, 0.4) is 0 Å². The molecule has 1 aromatic rings. The highest BCUT2D eigenvalue weighted by molar-refractivity contribution is 5.41. The fraction of sp³-hybridized carbons (Fsp3) is 0.778. The summed E-state index contributed by atoms with van der Waals surface area (Å²) in [6.07, 6.45) is 18.5. The summed E-state index contributed by atoms with van der Waals surface area (Å²) in [5.74, 6) is 6.33. The highest BCUT2D eigenvalue weighted by Crippen LogP contribution is 2.63. The van der Waals surface area contributed by atoms with E-state index in [4.69, 9.17) is 0 Å². The number of benzene rings is 1. The second-order valence-electron chi connectivity index (χ2n) is 12.5. The van der Waals surface area contributed by atoms with Gasteiger partial charge in [-0.25, -0.2) is 0 Å². The Bertz CT molecular complexity index is 650. The molecular weight excluding hydrogens is 324 g/mol. The van der Waals surface area contributed by atoms with Crippen molar-refractivity contribution in [1.29, 1.82) is 0 Å². The maximum absolute atomic E-state index is 2.78. The summed E-state index contributed by atoms with van der Waals surface area (Å²) in [5, 5.41) is 0. The average molecular weight is 361 g/mol. The highest BCUT2D eigenvalue weighted by Gasteiger charge is 2.54. The van der Waals surface area contributed by atoms with Crippen LogP contribution < -0.4 is 0 Å². The standard InChI is InChI=1S/C27H36/c1-17-2-24(26-11-18-4-19(12-26)6-20(5-18)13-26)10-25(3-17)27-14-21-7-22(15-27)9-23(8-21)16-27/h2-3,10,18-23H,4-9,11-16H2,1H3. The van der Waals surface area contributed by atoms with Gasteiger partial charge in [0, 0.05) is 0 Å². The minimum Gasteiger partial charge on any atom is -0.0555 e. The van der Waals surface area contributed by atoms with Gasteiger partial charge in [-0.15, -0.1) is 0 Å². The van der Waals surface area contributed by atoms with Gasteiger partial charge in [-0.1, -0.05) is 23.8 Å². The lowest BCUT2D eigenvalue weighted by Gasteiger charge is -2.58. The third kappa shape index (κ3) is 2.28. The minimum absolute atomic E-state index is 0.567. The van der Waals surface area contributed by atoms with Crippen LogP contribution in [-0.4, -0.2) is 0 Å². The Hall–Kier alpha value is -0.780. The van der Waals surface area contributed by atoms with Crippen molar-refractivity contribution in [2.45, 2.75) is 94.8 Å². The normalized spacial score (nSPS) is 51.9. The number of hydrogen-bond donors (Lipinski definition) is 0. The quantitative estimate of drug-likeness (QED) is 0.536. The summed E-state index contributed by atoms with van der Waals surface area (Å²) in [6.45, 7) is 2.40. The molecule has 0 atom stereocenters. The first-order valence-electron chi connectivity index (χ1n) is 12.2. The summed E-state index contributed by atoms with van der Waals surface area (Å²) < 4.78 is 0. The molecule has 8 saturated carbocycles. The van der Waals surface area contributed by atoms with Crippen molar-refractivity contribution in [2.24, 2.45) is 35.5 Å². The molecule has 8 fully saturated rings. The van der Waals surface area contributed by atoms with Gasteiger partial charge >= 0.3 is 0 Å². The van der Waals surface area contributed by atoms with Gasteiger partial charge in [-0.2, -0.15) is 0 Å². The van der Waals surface area contributed by atoms with Gasteiger partial charge in [0.05, 0.1) is 0 Å². The van der Waals surface area contributed by atoms with Crippen molar-refractivity contribution in [3.63, 3.8) is 0 Å². The van der Waals surface area contributed by atoms with Gasteiger partial charge in [0.1, 0.15) is 0 Å². The molecule has 0 aliphatic heterocycles. The van der Waals surface area contributed by atoms with E-state index in [1.807, 2.05) is 0 Å². The molecule has 0 heterocycles. The zero-order valence-corrected chi connectivity index (χ0v) is 17.2. The number of aryl methyl sites for hydroxylation is 1. The van der Waals surface area contributed by atoms with Crippen molar-refractivity contribution < 1.29 is 0 Å². The molecule has 0 amide bonds. The van der Waals surface area contributed by atoms with E-state index >= 15 is 0 Å². The Labute approximate surface area is 165 Å². The molecule has 27 heavy (non-hydrogen) atoms. The monoisotopic (exact) mass is 360 g/mol. The topological polar surface area (TPSA) is 0 Å². The van der Waals surface area contributed by atoms with E-state index in [0.717, 1.165) is 35.5 Å². The Morgan fingerprint density at radius 2 is 0.815 bits per heavy atom. The van der Waals surface area contributed by atoms with Crippen LogP contribution in [0.5, 0.6) is 0 Å². The van der Waals surface area contributed by atoms with Gasteiger partial charge in [-0.3, -0.25) is 0 Å². The molecule has 0 N–H and O–H groups in total. The minimum atomic E-state index is 0.567. The van der Waals surface area contributed by atoms with E-state index in [1.54, 1.807) is 55.2 Å². The predicted octanol–water partition coefficient (Wildman–Crippen LogP) is 6.93. The third-order valence-corrected chi connectivity index (χ3v) is 10.4. The second-order valence-corrected chi connectivity index (χ2v) is 12.5. The first kappa shape index (κ1) is 16.1. The average Bonchev–Trinajstić information content (AvgIpc) is 2.59. The molecule has 0 spiro atoms. The molecule has 0 radical (unpaired) electrons. The van der Waals surface area contributed by atoms with Gasteiger partial charge in [-0.05, 0) is 141 Å². The van der Waals surface area contributed by atoms with E-state index in [1.165, 1.54) is 38.5 Å². The van der Waals surface area contributed by atoms with E-state index in [9.17, 15) is 0 Å². The van der Waals surface area contributed by atoms with E-state index in [2.05, 4.69) is 25.1 Å². The lowest BCUT2D eigenvalue weighted by Crippen LogP contribution is -2.50. The summed E-state index contributed by atoms with van der Waals surface area (Å²) in [7, 11) is 0. The van der Waals surface area contributed by atoms with Crippen molar-refractivity contribution in [3.05, 3.63) is 34.9 Å². The van der Waals surface area contributed by atoms with Crippen LogP contribution in [0, 0.1) is 42.4 Å². The molecule has 0 heteroatoms. The first-order valence-corrected chi connectivity index (χ1v) is 12.2. The number of rotatable bonds is 2. The van der Waals surface area contributed by atoms with Crippen molar-refractivity contribution in [2.75, 3.05) is 0 Å². The smallest absolute Gasteiger partial charge is 0.00389 e. The largest absolute Gasteiger partial charge is 0.0555 e. The molecule has 0 unspecified atom stereocenters. The molecule has 1 aromatic carbocycles. The molecular formula is C27H36. The van der Waals surface area contributed by atoms with Crippen molar-refractivity contribution in [3.8, 4) is 0 Å². The molecule has 0 nitrogen and oxygen atoms in total. The van der Waals surface area contributed by atoms with Crippen molar-refractivity contribution in [1.82, 2.24) is 0 Å². The Kier molecular flexibility index (Phi) is 3.11. The molecule has 144 valence electrons. The van der Waals surface area contributed by atoms with Crippen LogP contribution in [0.1, 0.15) is 93.7 Å².